The summed E-state index contributed by atoms with van der Waals surface area (Å²) in [4.78, 5) is 0. The Morgan fingerprint density at radius 3 is 2.78 bits per heavy atom. The summed E-state index contributed by atoms with van der Waals surface area (Å²) >= 11 is 0. The third-order valence-corrected chi connectivity index (χ3v) is 5.09. The fourth-order valence-corrected chi connectivity index (χ4v) is 4.06. The normalized spacial score (nSPS) is 30.9. The summed E-state index contributed by atoms with van der Waals surface area (Å²) in [7, 11) is 0. The molecule has 1 fully saturated rings. The molecule has 1 aliphatic heterocycles. The minimum atomic E-state index is 0.308. The Morgan fingerprint density at radius 1 is 1.17 bits per heavy atom. The SMILES string of the molecule is C[C@@H]1CC(NCCCO[C@@H]2CCCc3ccccc32)C[C@H](C)O1. The van der Waals surface area contributed by atoms with Crippen LogP contribution in [0.15, 0.2) is 24.3 Å². The van der Waals surface area contributed by atoms with Crippen LogP contribution in [0.2, 0.25) is 0 Å². The summed E-state index contributed by atoms with van der Waals surface area (Å²) in [6.45, 7) is 6.24. The monoisotopic (exact) mass is 317 g/mol. The minimum absolute atomic E-state index is 0.308. The predicted octanol–water partition coefficient (Wildman–Crippen LogP) is 4.02. The Labute approximate surface area is 140 Å². The summed E-state index contributed by atoms with van der Waals surface area (Å²) in [6, 6.07) is 9.36. The number of nitrogens with one attached hydrogen (secondary N) is 1. The van der Waals surface area contributed by atoms with Gasteiger partial charge in [0, 0.05) is 12.6 Å². The second-order valence-electron chi connectivity index (χ2n) is 7.18. The zero-order valence-electron chi connectivity index (χ0n) is 14.6. The first-order chi connectivity index (χ1) is 11.2. The molecular weight excluding hydrogens is 286 g/mol. The van der Waals surface area contributed by atoms with Crippen molar-refractivity contribution in [1.29, 1.82) is 0 Å². The predicted molar refractivity (Wildman–Crippen MR) is 93.7 cm³/mol. The van der Waals surface area contributed by atoms with Crippen molar-refractivity contribution in [1.82, 2.24) is 5.32 Å². The van der Waals surface area contributed by atoms with Crippen LogP contribution in [0, 0.1) is 0 Å². The lowest BCUT2D eigenvalue weighted by molar-refractivity contribution is -0.0423. The van der Waals surface area contributed by atoms with Crippen LogP contribution in [-0.4, -0.2) is 31.4 Å². The van der Waals surface area contributed by atoms with Gasteiger partial charge >= 0.3 is 0 Å². The summed E-state index contributed by atoms with van der Waals surface area (Å²) < 4.78 is 12.0. The van der Waals surface area contributed by atoms with Crippen molar-refractivity contribution in [3.8, 4) is 0 Å². The number of fused-ring (bicyclic) bond motifs is 1. The Hall–Kier alpha value is -0.900. The van der Waals surface area contributed by atoms with E-state index in [9.17, 15) is 0 Å². The molecule has 1 unspecified atom stereocenters. The quantitative estimate of drug-likeness (QED) is 0.804. The molecule has 1 heterocycles. The van der Waals surface area contributed by atoms with Gasteiger partial charge in [-0.15, -0.1) is 0 Å². The van der Waals surface area contributed by atoms with Gasteiger partial charge in [0.2, 0.25) is 0 Å². The lowest BCUT2D eigenvalue weighted by Gasteiger charge is -2.32. The van der Waals surface area contributed by atoms with Gasteiger partial charge < -0.3 is 14.8 Å². The molecule has 2 aliphatic rings. The molecule has 0 aromatic heterocycles. The number of rotatable bonds is 6. The molecule has 1 aliphatic carbocycles. The topological polar surface area (TPSA) is 30.5 Å². The molecule has 4 atom stereocenters. The molecule has 0 amide bonds. The van der Waals surface area contributed by atoms with Gasteiger partial charge in [0.25, 0.3) is 0 Å². The largest absolute Gasteiger partial charge is 0.375 e. The van der Waals surface area contributed by atoms with Crippen molar-refractivity contribution in [3.05, 3.63) is 35.4 Å². The maximum absolute atomic E-state index is 6.18. The highest BCUT2D eigenvalue weighted by molar-refractivity contribution is 5.31. The Morgan fingerprint density at radius 2 is 1.96 bits per heavy atom. The average Bonchev–Trinajstić information content (AvgIpc) is 2.54. The molecule has 1 saturated heterocycles. The second-order valence-corrected chi connectivity index (χ2v) is 7.18. The number of ether oxygens (including phenoxy) is 2. The molecule has 0 bridgehead atoms. The van der Waals surface area contributed by atoms with Gasteiger partial charge in [0.1, 0.15) is 0 Å². The first-order valence-corrected chi connectivity index (χ1v) is 9.30. The number of hydrogen-bond acceptors (Lipinski definition) is 3. The summed E-state index contributed by atoms with van der Waals surface area (Å²) in [6.07, 6.45) is 8.02. The molecule has 0 spiro atoms. The van der Waals surface area contributed by atoms with Crippen molar-refractivity contribution in [2.45, 2.75) is 76.7 Å². The first kappa shape index (κ1) is 16.9. The van der Waals surface area contributed by atoms with Crippen molar-refractivity contribution in [2.75, 3.05) is 13.2 Å². The van der Waals surface area contributed by atoms with Gasteiger partial charge in [-0.05, 0) is 70.0 Å². The Kier molecular flexibility index (Phi) is 6.09. The van der Waals surface area contributed by atoms with Crippen molar-refractivity contribution >= 4 is 0 Å². The molecular formula is C20H31NO2. The highest BCUT2D eigenvalue weighted by atomic mass is 16.5. The van der Waals surface area contributed by atoms with Crippen LogP contribution < -0.4 is 5.32 Å². The standard InChI is InChI=1S/C20H31NO2/c1-15-13-18(14-16(2)23-15)21-11-6-12-22-20-10-5-8-17-7-3-4-9-19(17)20/h3-4,7,9,15-16,18,20-21H,5-6,8,10-14H2,1-2H3/t15-,16+,18?,20-/m1/s1. The Balaban J connectivity index is 1.36. The van der Waals surface area contributed by atoms with Crippen LogP contribution in [-0.2, 0) is 15.9 Å². The van der Waals surface area contributed by atoms with Gasteiger partial charge in [0.15, 0.2) is 0 Å². The maximum Gasteiger partial charge on any atom is 0.0827 e. The van der Waals surface area contributed by atoms with Gasteiger partial charge in [-0.3, -0.25) is 0 Å². The molecule has 3 rings (SSSR count). The summed E-state index contributed by atoms with van der Waals surface area (Å²) in [5, 5.41) is 3.68. The molecule has 128 valence electrons. The van der Waals surface area contributed by atoms with Gasteiger partial charge in [-0.2, -0.15) is 0 Å². The lowest BCUT2D eigenvalue weighted by atomic mass is 9.89. The van der Waals surface area contributed by atoms with Gasteiger partial charge in [0.05, 0.1) is 18.3 Å². The van der Waals surface area contributed by atoms with Gasteiger partial charge in [-0.1, -0.05) is 24.3 Å². The van der Waals surface area contributed by atoms with Crippen LogP contribution in [0.4, 0.5) is 0 Å². The van der Waals surface area contributed by atoms with Crippen LogP contribution >= 0.6 is 0 Å². The van der Waals surface area contributed by atoms with Crippen LogP contribution in [0.1, 0.15) is 63.2 Å². The van der Waals surface area contributed by atoms with Crippen LogP contribution in [0.5, 0.6) is 0 Å². The van der Waals surface area contributed by atoms with E-state index >= 15 is 0 Å². The summed E-state index contributed by atoms with van der Waals surface area (Å²) in [5.74, 6) is 0. The minimum Gasteiger partial charge on any atom is -0.375 e. The maximum atomic E-state index is 6.18. The number of hydrogen-bond donors (Lipinski definition) is 1. The smallest absolute Gasteiger partial charge is 0.0827 e. The van der Waals surface area contributed by atoms with E-state index in [1.165, 1.54) is 30.4 Å². The molecule has 0 saturated carbocycles. The molecule has 3 nitrogen and oxygen atoms in total. The van der Waals surface area contributed by atoms with Crippen molar-refractivity contribution in [2.24, 2.45) is 0 Å². The zero-order chi connectivity index (χ0) is 16.1. The Bertz CT molecular complexity index is 480. The van der Waals surface area contributed by atoms with E-state index in [2.05, 4.69) is 43.4 Å². The third-order valence-electron chi connectivity index (χ3n) is 5.09. The molecule has 1 N–H and O–H groups in total. The van der Waals surface area contributed by atoms with E-state index in [4.69, 9.17) is 9.47 Å². The van der Waals surface area contributed by atoms with Gasteiger partial charge in [-0.25, -0.2) is 0 Å². The fraction of sp³-hybridized carbons (Fsp3) is 0.700. The molecule has 1 aromatic rings. The molecule has 23 heavy (non-hydrogen) atoms. The van der Waals surface area contributed by atoms with E-state index in [0.29, 0.717) is 24.4 Å². The molecule has 3 heteroatoms. The highest BCUT2D eigenvalue weighted by Gasteiger charge is 2.24. The van der Waals surface area contributed by atoms with Crippen LogP contribution in [0.25, 0.3) is 0 Å². The second kappa shape index (κ2) is 8.27. The molecule has 0 radical (unpaired) electrons. The average molecular weight is 317 g/mol. The number of benzene rings is 1. The third kappa shape index (κ3) is 4.79. The van der Waals surface area contributed by atoms with Crippen LogP contribution in [0.3, 0.4) is 0 Å². The first-order valence-electron chi connectivity index (χ1n) is 9.30. The van der Waals surface area contributed by atoms with E-state index in [1.54, 1.807) is 0 Å². The van der Waals surface area contributed by atoms with E-state index < -0.39 is 0 Å². The molecule has 1 aromatic carbocycles. The number of aryl methyl sites for hydroxylation is 1. The highest BCUT2D eigenvalue weighted by Crippen LogP contribution is 2.32. The van der Waals surface area contributed by atoms with E-state index in [0.717, 1.165) is 32.4 Å². The van der Waals surface area contributed by atoms with E-state index in [1.807, 2.05) is 0 Å². The van der Waals surface area contributed by atoms with E-state index in [-0.39, 0.29) is 0 Å². The van der Waals surface area contributed by atoms with Crippen molar-refractivity contribution < 1.29 is 9.47 Å². The fourth-order valence-electron chi connectivity index (χ4n) is 4.06. The van der Waals surface area contributed by atoms with Crippen molar-refractivity contribution in [3.63, 3.8) is 0 Å². The zero-order valence-corrected chi connectivity index (χ0v) is 14.6. The lowest BCUT2D eigenvalue weighted by Crippen LogP contribution is -2.41. The summed E-state index contributed by atoms with van der Waals surface area (Å²) in [5.41, 5.74) is 2.89.